The maximum Gasteiger partial charge on any atom is 0.0688 e. The summed E-state index contributed by atoms with van der Waals surface area (Å²) in [5, 5.41) is 19.5. The number of rotatable bonds is 4. The van der Waals surface area contributed by atoms with Crippen molar-refractivity contribution in [3.8, 4) is 22.3 Å². The smallest absolute Gasteiger partial charge is 0.0688 e. The molecule has 0 aliphatic carbocycles. The quantitative estimate of drug-likeness (QED) is 0.762. The first-order chi connectivity index (χ1) is 10.8. The van der Waals surface area contributed by atoms with Crippen LogP contribution in [-0.2, 0) is 13.2 Å². The van der Waals surface area contributed by atoms with E-state index >= 15 is 0 Å². The van der Waals surface area contributed by atoms with Gasteiger partial charge in [0.05, 0.1) is 13.2 Å². The van der Waals surface area contributed by atoms with Crippen LogP contribution in [-0.4, -0.2) is 10.2 Å². The average Bonchev–Trinajstić information content (AvgIpc) is 2.62. The summed E-state index contributed by atoms with van der Waals surface area (Å²) >= 11 is 0. The van der Waals surface area contributed by atoms with Crippen molar-refractivity contribution in [1.82, 2.24) is 0 Å². The van der Waals surface area contributed by atoms with E-state index in [4.69, 9.17) is 0 Å². The predicted molar refractivity (Wildman–Crippen MR) is 89.2 cm³/mol. The molecule has 0 unspecified atom stereocenters. The van der Waals surface area contributed by atoms with Crippen molar-refractivity contribution in [3.63, 3.8) is 0 Å². The maximum atomic E-state index is 9.75. The molecule has 3 aromatic carbocycles. The molecule has 2 heteroatoms. The summed E-state index contributed by atoms with van der Waals surface area (Å²) < 4.78 is 0. The van der Waals surface area contributed by atoms with E-state index in [9.17, 15) is 10.2 Å². The number of hydrogen-bond acceptors (Lipinski definition) is 2. The second-order valence-electron chi connectivity index (χ2n) is 5.21. The summed E-state index contributed by atoms with van der Waals surface area (Å²) in [4.78, 5) is 0. The Hall–Kier alpha value is -2.42. The first-order valence-corrected chi connectivity index (χ1v) is 7.32. The molecule has 110 valence electrons. The van der Waals surface area contributed by atoms with Crippen LogP contribution in [0.4, 0.5) is 0 Å². The molecule has 0 radical (unpaired) electrons. The summed E-state index contributed by atoms with van der Waals surface area (Å²) in [7, 11) is 0. The van der Waals surface area contributed by atoms with Gasteiger partial charge in [-0.3, -0.25) is 0 Å². The molecule has 0 spiro atoms. The largest absolute Gasteiger partial charge is 0.392 e. The van der Waals surface area contributed by atoms with E-state index in [-0.39, 0.29) is 13.2 Å². The summed E-state index contributed by atoms with van der Waals surface area (Å²) in [6, 6.07) is 23.8. The molecule has 3 rings (SSSR count). The lowest BCUT2D eigenvalue weighted by atomic mass is 9.91. The Morgan fingerprint density at radius 2 is 0.909 bits per heavy atom. The SMILES string of the molecule is OCc1cc(-c2ccccc2)c(CO)cc1-c1ccccc1. The highest BCUT2D eigenvalue weighted by Gasteiger charge is 2.12. The molecule has 0 heterocycles. The first-order valence-electron chi connectivity index (χ1n) is 7.32. The lowest BCUT2D eigenvalue weighted by Crippen LogP contribution is -1.97. The average molecular weight is 290 g/mol. The zero-order chi connectivity index (χ0) is 15.4. The minimum Gasteiger partial charge on any atom is -0.392 e. The zero-order valence-electron chi connectivity index (χ0n) is 12.2. The van der Waals surface area contributed by atoms with Crippen molar-refractivity contribution in [3.05, 3.63) is 83.9 Å². The Kier molecular flexibility index (Phi) is 4.33. The molecule has 0 saturated carbocycles. The minimum absolute atomic E-state index is 0.0320. The Labute approximate surface area is 130 Å². The van der Waals surface area contributed by atoms with Gasteiger partial charge in [0.2, 0.25) is 0 Å². The van der Waals surface area contributed by atoms with Gasteiger partial charge in [-0.15, -0.1) is 0 Å². The van der Waals surface area contributed by atoms with Crippen LogP contribution >= 0.6 is 0 Å². The van der Waals surface area contributed by atoms with E-state index in [1.807, 2.05) is 72.8 Å². The van der Waals surface area contributed by atoms with E-state index in [0.29, 0.717) is 0 Å². The molecular formula is C20H18O2. The van der Waals surface area contributed by atoms with E-state index in [1.165, 1.54) is 0 Å². The fourth-order valence-corrected chi connectivity index (χ4v) is 2.72. The highest BCUT2D eigenvalue weighted by molar-refractivity contribution is 5.76. The third-order valence-corrected chi connectivity index (χ3v) is 3.84. The van der Waals surface area contributed by atoms with Crippen LogP contribution in [0.15, 0.2) is 72.8 Å². The number of aliphatic hydroxyl groups excluding tert-OH is 2. The van der Waals surface area contributed by atoms with Gasteiger partial charge in [-0.25, -0.2) is 0 Å². The van der Waals surface area contributed by atoms with E-state index in [0.717, 1.165) is 33.4 Å². The van der Waals surface area contributed by atoms with Gasteiger partial charge in [0.1, 0.15) is 0 Å². The van der Waals surface area contributed by atoms with Crippen molar-refractivity contribution in [1.29, 1.82) is 0 Å². The van der Waals surface area contributed by atoms with Gasteiger partial charge in [-0.05, 0) is 45.5 Å². The molecule has 22 heavy (non-hydrogen) atoms. The van der Waals surface area contributed by atoms with Crippen LogP contribution in [0.2, 0.25) is 0 Å². The highest BCUT2D eigenvalue weighted by atomic mass is 16.3. The van der Waals surface area contributed by atoms with Gasteiger partial charge >= 0.3 is 0 Å². The van der Waals surface area contributed by atoms with Gasteiger partial charge in [-0.2, -0.15) is 0 Å². The van der Waals surface area contributed by atoms with Crippen LogP contribution in [0, 0.1) is 0 Å². The van der Waals surface area contributed by atoms with Crippen molar-refractivity contribution < 1.29 is 10.2 Å². The molecule has 2 N–H and O–H groups in total. The lowest BCUT2D eigenvalue weighted by Gasteiger charge is -2.15. The Morgan fingerprint density at radius 1 is 0.545 bits per heavy atom. The molecule has 0 aliphatic heterocycles. The molecule has 0 fully saturated rings. The van der Waals surface area contributed by atoms with Gasteiger partial charge in [0, 0.05) is 0 Å². The summed E-state index contributed by atoms with van der Waals surface area (Å²) in [5.41, 5.74) is 5.74. The number of aliphatic hydroxyl groups is 2. The van der Waals surface area contributed by atoms with Crippen molar-refractivity contribution in [2.75, 3.05) is 0 Å². The standard InChI is InChI=1S/C20H18O2/c21-13-17-12-20(16-9-5-2-6-10-16)18(14-22)11-19(17)15-7-3-1-4-8-15/h1-12,21-22H,13-14H2. The molecule has 0 bridgehead atoms. The third-order valence-electron chi connectivity index (χ3n) is 3.84. The predicted octanol–water partition coefficient (Wildman–Crippen LogP) is 4.01. The van der Waals surface area contributed by atoms with Gasteiger partial charge in [0.25, 0.3) is 0 Å². The summed E-state index contributed by atoms with van der Waals surface area (Å²) in [6.45, 7) is -0.0639. The molecule has 0 saturated heterocycles. The van der Waals surface area contributed by atoms with E-state index in [1.54, 1.807) is 0 Å². The Morgan fingerprint density at radius 3 is 1.23 bits per heavy atom. The summed E-state index contributed by atoms with van der Waals surface area (Å²) in [5.74, 6) is 0. The fourth-order valence-electron chi connectivity index (χ4n) is 2.72. The van der Waals surface area contributed by atoms with Crippen LogP contribution in [0.5, 0.6) is 0 Å². The number of benzene rings is 3. The molecule has 0 amide bonds. The van der Waals surface area contributed by atoms with E-state index < -0.39 is 0 Å². The van der Waals surface area contributed by atoms with Crippen molar-refractivity contribution in [2.45, 2.75) is 13.2 Å². The zero-order valence-corrected chi connectivity index (χ0v) is 12.2. The molecular weight excluding hydrogens is 272 g/mol. The van der Waals surface area contributed by atoms with Crippen LogP contribution in [0.25, 0.3) is 22.3 Å². The third kappa shape index (κ3) is 2.80. The van der Waals surface area contributed by atoms with Crippen LogP contribution < -0.4 is 0 Å². The number of hydrogen-bond donors (Lipinski definition) is 2. The maximum absolute atomic E-state index is 9.75. The van der Waals surface area contributed by atoms with Crippen LogP contribution in [0.1, 0.15) is 11.1 Å². The van der Waals surface area contributed by atoms with Gasteiger partial charge < -0.3 is 10.2 Å². The second kappa shape index (κ2) is 6.56. The Bertz CT molecular complexity index is 682. The molecule has 0 atom stereocenters. The minimum atomic E-state index is -0.0320. The monoisotopic (exact) mass is 290 g/mol. The summed E-state index contributed by atoms with van der Waals surface area (Å²) in [6.07, 6.45) is 0. The Balaban J connectivity index is 2.19. The second-order valence-corrected chi connectivity index (χ2v) is 5.21. The van der Waals surface area contributed by atoms with Crippen LogP contribution in [0.3, 0.4) is 0 Å². The normalized spacial score (nSPS) is 10.6. The molecule has 2 nitrogen and oxygen atoms in total. The van der Waals surface area contributed by atoms with Gasteiger partial charge in [-0.1, -0.05) is 60.7 Å². The van der Waals surface area contributed by atoms with Gasteiger partial charge in [0.15, 0.2) is 0 Å². The highest BCUT2D eigenvalue weighted by Crippen LogP contribution is 2.32. The lowest BCUT2D eigenvalue weighted by molar-refractivity contribution is 0.279. The van der Waals surface area contributed by atoms with Crippen molar-refractivity contribution in [2.24, 2.45) is 0 Å². The van der Waals surface area contributed by atoms with E-state index in [2.05, 4.69) is 0 Å². The molecule has 0 aliphatic rings. The first kappa shape index (κ1) is 14.5. The molecule has 3 aromatic rings. The fraction of sp³-hybridized carbons (Fsp3) is 0.100. The van der Waals surface area contributed by atoms with Crippen molar-refractivity contribution >= 4 is 0 Å². The topological polar surface area (TPSA) is 40.5 Å². The molecule has 0 aromatic heterocycles.